The lowest BCUT2D eigenvalue weighted by atomic mass is 9.84. The van der Waals surface area contributed by atoms with E-state index in [0.717, 1.165) is 17.5 Å². The van der Waals surface area contributed by atoms with E-state index >= 15 is 0 Å². The number of hydrogen-bond acceptors (Lipinski definition) is 4. The second-order valence-electron chi connectivity index (χ2n) is 5.62. The second kappa shape index (κ2) is 5.94. The summed E-state index contributed by atoms with van der Waals surface area (Å²) < 4.78 is 10.5. The molecule has 1 saturated heterocycles. The van der Waals surface area contributed by atoms with E-state index in [1.807, 2.05) is 38.1 Å². The molecule has 0 spiro atoms. The van der Waals surface area contributed by atoms with Crippen LogP contribution in [0.5, 0.6) is 0 Å². The third-order valence-electron chi connectivity index (χ3n) is 3.79. The van der Waals surface area contributed by atoms with E-state index in [9.17, 15) is 9.90 Å². The maximum Gasteiger partial charge on any atom is 0.315 e. The lowest BCUT2D eigenvalue weighted by Gasteiger charge is -2.23. The molecular formula is C16H22O4. The topological polar surface area (TPSA) is 55.8 Å². The van der Waals surface area contributed by atoms with Crippen LogP contribution in [0.2, 0.25) is 0 Å². The third-order valence-corrected chi connectivity index (χ3v) is 3.79. The summed E-state index contributed by atoms with van der Waals surface area (Å²) in [4.78, 5) is 12.0. The van der Waals surface area contributed by atoms with Crippen molar-refractivity contribution in [2.75, 3.05) is 6.61 Å². The van der Waals surface area contributed by atoms with Gasteiger partial charge in [0.15, 0.2) is 6.29 Å². The number of esters is 1. The van der Waals surface area contributed by atoms with Gasteiger partial charge in [-0.3, -0.25) is 4.79 Å². The van der Waals surface area contributed by atoms with Gasteiger partial charge in [-0.15, -0.1) is 0 Å². The minimum absolute atomic E-state index is 0.0512. The Morgan fingerprint density at radius 3 is 2.50 bits per heavy atom. The van der Waals surface area contributed by atoms with Crippen LogP contribution in [0.15, 0.2) is 24.3 Å². The highest BCUT2D eigenvalue weighted by Gasteiger charge is 2.32. The number of benzene rings is 1. The number of hydrogen-bond donors (Lipinski definition) is 1. The van der Waals surface area contributed by atoms with Crippen molar-refractivity contribution in [2.45, 2.75) is 51.4 Å². The van der Waals surface area contributed by atoms with Crippen molar-refractivity contribution >= 4 is 5.97 Å². The van der Waals surface area contributed by atoms with E-state index in [2.05, 4.69) is 0 Å². The van der Waals surface area contributed by atoms with Gasteiger partial charge in [-0.05, 0) is 38.3 Å². The highest BCUT2D eigenvalue weighted by atomic mass is 16.6. The monoisotopic (exact) mass is 278 g/mol. The van der Waals surface area contributed by atoms with Gasteiger partial charge in [0.25, 0.3) is 0 Å². The lowest BCUT2D eigenvalue weighted by Crippen LogP contribution is -2.31. The van der Waals surface area contributed by atoms with Crippen LogP contribution >= 0.6 is 0 Å². The van der Waals surface area contributed by atoms with Crippen molar-refractivity contribution in [3.05, 3.63) is 35.4 Å². The largest absolute Gasteiger partial charge is 0.465 e. The zero-order valence-corrected chi connectivity index (χ0v) is 12.3. The number of ether oxygens (including phenoxy) is 2. The van der Waals surface area contributed by atoms with Crippen LogP contribution < -0.4 is 0 Å². The zero-order valence-electron chi connectivity index (χ0n) is 12.3. The number of aliphatic hydroxyl groups is 1. The Morgan fingerprint density at radius 1 is 1.35 bits per heavy atom. The van der Waals surface area contributed by atoms with Crippen LogP contribution in [-0.4, -0.2) is 24.0 Å². The summed E-state index contributed by atoms with van der Waals surface area (Å²) in [6, 6.07) is 7.78. The molecule has 1 aromatic carbocycles. The molecule has 0 radical (unpaired) electrons. The summed E-state index contributed by atoms with van der Waals surface area (Å²) in [5.41, 5.74) is 1.29. The van der Waals surface area contributed by atoms with Crippen molar-refractivity contribution < 1.29 is 19.4 Å². The molecule has 1 fully saturated rings. The van der Waals surface area contributed by atoms with Crippen LogP contribution in [-0.2, 0) is 19.7 Å². The Morgan fingerprint density at radius 2 is 2.00 bits per heavy atom. The van der Waals surface area contributed by atoms with E-state index in [1.165, 1.54) is 0 Å². The van der Waals surface area contributed by atoms with Gasteiger partial charge in [-0.2, -0.15) is 0 Å². The second-order valence-corrected chi connectivity index (χ2v) is 5.62. The molecule has 4 nitrogen and oxygen atoms in total. The van der Waals surface area contributed by atoms with E-state index in [1.54, 1.807) is 6.92 Å². The van der Waals surface area contributed by atoms with Gasteiger partial charge in [-0.1, -0.05) is 24.3 Å². The molecule has 1 aromatic rings. The van der Waals surface area contributed by atoms with Gasteiger partial charge in [-0.25, -0.2) is 0 Å². The van der Waals surface area contributed by atoms with Crippen molar-refractivity contribution in [1.29, 1.82) is 0 Å². The fraction of sp³-hybridized carbons (Fsp3) is 0.562. The molecule has 1 heterocycles. The Labute approximate surface area is 119 Å². The summed E-state index contributed by atoms with van der Waals surface area (Å²) in [6.45, 7) is 5.90. The molecule has 0 bridgehead atoms. The van der Waals surface area contributed by atoms with Crippen molar-refractivity contribution in [1.82, 2.24) is 0 Å². The van der Waals surface area contributed by atoms with Crippen LogP contribution in [0.3, 0.4) is 0 Å². The number of aliphatic hydroxyl groups excluding tert-OH is 1. The first-order valence-electron chi connectivity index (χ1n) is 7.06. The highest BCUT2D eigenvalue weighted by Crippen LogP contribution is 2.33. The molecule has 1 aliphatic heterocycles. The molecule has 0 saturated carbocycles. The predicted octanol–water partition coefficient (Wildman–Crippen LogP) is 2.70. The maximum atomic E-state index is 12.0. The highest BCUT2D eigenvalue weighted by molar-refractivity contribution is 5.82. The smallest absolute Gasteiger partial charge is 0.315 e. The molecule has 2 rings (SSSR count). The molecule has 1 aliphatic rings. The molecule has 2 atom stereocenters. The van der Waals surface area contributed by atoms with E-state index in [4.69, 9.17) is 9.47 Å². The van der Waals surface area contributed by atoms with Crippen molar-refractivity contribution in [3.63, 3.8) is 0 Å². The fourth-order valence-electron chi connectivity index (χ4n) is 2.41. The molecule has 0 amide bonds. The molecule has 0 aromatic heterocycles. The van der Waals surface area contributed by atoms with Crippen molar-refractivity contribution in [2.24, 2.45) is 0 Å². The number of carbonyl (C=O) groups is 1. The van der Waals surface area contributed by atoms with Crippen LogP contribution in [0, 0.1) is 0 Å². The minimum Gasteiger partial charge on any atom is -0.465 e. The summed E-state index contributed by atoms with van der Waals surface area (Å²) in [7, 11) is 0. The Kier molecular flexibility index (Phi) is 4.45. The van der Waals surface area contributed by atoms with Crippen LogP contribution in [0.25, 0.3) is 0 Å². The maximum absolute atomic E-state index is 12.0. The summed E-state index contributed by atoms with van der Waals surface area (Å²) >= 11 is 0. The lowest BCUT2D eigenvalue weighted by molar-refractivity contribution is -0.148. The Bertz CT molecular complexity index is 464. The normalized spacial score (nSPS) is 22.8. The Hall–Kier alpha value is -1.39. The van der Waals surface area contributed by atoms with Gasteiger partial charge in [0.05, 0.1) is 18.1 Å². The fourth-order valence-corrected chi connectivity index (χ4v) is 2.41. The standard InChI is InChI=1S/C16H22O4/c1-4-19-15(18)16(2,3)12-7-5-11(6-8-12)13-9-10-14(17)20-13/h5-8,13-14,17H,4,9-10H2,1-3H3. The Balaban J connectivity index is 2.13. The van der Waals surface area contributed by atoms with Gasteiger partial charge in [0.2, 0.25) is 0 Å². The summed E-state index contributed by atoms with van der Waals surface area (Å²) in [5, 5.41) is 9.39. The molecule has 4 heteroatoms. The first-order valence-corrected chi connectivity index (χ1v) is 7.06. The van der Waals surface area contributed by atoms with Crippen molar-refractivity contribution in [3.8, 4) is 0 Å². The first kappa shape index (κ1) is 15.0. The molecule has 0 aliphatic carbocycles. The average Bonchev–Trinajstić information content (AvgIpc) is 2.86. The quantitative estimate of drug-likeness (QED) is 0.860. The van der Waals surface area contributed by atoms with Crippen LogP contribution in [0.1, 0.15) is 50.8 Å². The van der Waals surface area contributed by atoms with Gasteiger partial charge >= 0.3 is 5.97 Å². The van der Waals surface area contributed by atoms with Crippen LogP contribution in [0.4, 0.5) is 0 Å². The molecule has 2 unspecified atom stereocenters. The molecule has 1 N–H and O–H groups in total. The SMILES string of the molecule is CCOC(=O)C(C)(C)c1ccc(C2CCC(O)O2)cc1. The molecule has 20 heavy (non-hydrogen) atoms. The van der Waals surface area contributed by atoms with E-state index in [0.29, 0.717) is 13.0 Å². The summed E-state index contributed by atoms with van der Waals surface area (Å²) in [6.07, 6.45) is 0.781. The first-order chi connectivity index (χ1) is 9.45. The summed E-state index contributed by atoms with van der Waals surface area (Å²) in [5.74, 6) is -0.222. The van der Waals surface area contributed by atoms with E-state index < -0.39 is 11.7 Å². The average molecular weight is 278 g/mol. The van der Waals surface area contributed by atoms with Gasteiger partial charge in [0, 0.05) is 6.42 Å². The van der Waals surface area contributed by atoms with E-state index in [-0.39, 0.29) is 12.1 Å². The minimum atomic E-state index is -0.662. The zero-order chi connectivity index (χ0) is 14.8. The number of carbonyl (C=O) groups excluding carboxylic acids is 1. The molecule has 110 valence electrons. The number of rotatable bonds is 4. The van der Waals surface area contributed by atoms with Gasteiger partial charge < -0.3 is 14.6 Å². The molecular weight excluding hydrogens is 256 g/mol. The van der Waals surface area contributed by atoms with Gasteiger partial charge in [0.1, 0.15) is 0 Å². The predicted molar refractivity (Wildman–Crippen MR) is 75.2 cm³/mol. The third kappa shape index (κ3) is 3.02.